The van der Waals surface area contributed by atoms with Crippen molar-refractivity contribution in [2.45, 2.75) is 115 Å². The number of para-hydroxylation sites is 4. The van der Waals surface area contributed by atoms with Crippen molar-refractivity contribution in [3.63, 3.8) is 0 Å². The minimum absolute atomic E-state index is 0.0452. The Morgan fingerprint density at radius 1 is 0.432 bits per heavy atom. The molecule has 0 saturated carbocycles. The number of aryl methyl sites for hydroxylation is 2. The number of anilines is 7. The number of aromatic nitrogens is 16. The number of halogens is 5. The molecule has 0 spiro atoms. The summed E-state index contributed by atoms with van der Waals surface area (Å²) in [5.41, 5.74) is 16.6. The maximum atomic E-state index is 13.0. The lowest BCUT2D eigenvalue weighted by atomic mass is 10.0. The number of nitrogens with zero attached hydrogens (tertiary/aromatic N) is 18. The number of hydrogen-bond donors (Lipinski definition) is 12. The predicted molar refractivity (Wildman–Crippen MR) is 576 cm³/mol. The highest BCUT2D eigenvalue weighted by Gasteiger charge is 2.34. The summed E-state index contributed by atoms with van der Waals surface area (Å²) in [6.45, 7) is 13.2. The van der Waals surface area contributed by atoms with Crippen molar-refractivity contribution in [1.82, 2.24) is 109 Å². The second-order valence-corrected chi connectivity index (χ2v) is 38.3. The van der Waals surface area contributed by atoms with Gasteiger partial charge in [0, 0.05) is 221 Å². The van der Waals surface area contributed by atoms with Gasteiger partial charge in [0.15, 0.2) is 12.5 Å². The molecular formula is C107H105Cl4FN30O6. The second-order valence-electron chi connectivity index (χ2n) is 36.6. The highest BCUT2D eigenvalue weighted by atomic mass is 35.5. The monoisotopic (exact) mass is 2060 g/mol. The number of H-pyrrole nitrogens is 4. The fourth-order valence-corrected chi connectivity index (χ4v) is 19.8. The van der Waals surface area contributed by atoms with Crippen LogP contribution in [0.15, 0.2) is 225 Å². The molecule has 16 heterocycles. The summed E-state index contributed by atoms with van der Waals surface area (Å²) in [7, 11) is 0. The van der Waals surface area contributed by atoms with E-state index in [1.54, 1.807) is 58.9 Å². The molecule has 6 aliphatic heterocycles. The number of benzene rings is 6. The molecule has 0 bridgehead atoms. The van der Waals surface area contributed by atoms with E-state index in [-0.39, 0.29) is 71.8 Å². The molecule has 5 saturated heterocycles. The first-order valence-corrected chi connectivity index (χ1v) is 50.3. The summed E-state index contributed by atoms with van der Waals surface area (Å²) >= 11 is 25.8. The zero-order chi connectivity index (χ0) is 102. The zero-order valence-electron chi connectivity index (χ0n) is 80.8. The van der Waals surface area contributed by atoms with Crippen LogP contribution in [0.25, 0.3) is 88.6 Å². The molecule has 0 aliphatic carbocycles. The maximum absolute atomic E-state index is 13.0. The van der Waals surface area contributed by atoms with Gasteiger partial charge in [-0.1, -0.05) is 144 Å². The van der Waals surface area contributed by atoms with Gasteiger partial charge in [-0.05, 0) is 156 Å². The molecule has 22 rings (SSSR count). The topological polar surface area (TPSA) is 437 Å². The van der Waals surface area contributed by atoms with Crippen LogP contribution >= 0.6 is 46.4 Å². The van der Waals surface area contributed by atoms with E-state index in [2.05, 4.69) is 125 Å². The quantitative estimate of drug-likeness (QED) is 0.0264. The van der Waals surface area contributed by atoms with Crippen molar-refractivity contribution >= 4 is 173 Å². The van der Waals surface area contributed by atoms with E-state index in [0.29, 0.717) is 163 Å². The number of carbonyl (C=O) groups is 6. The van der Waals surface area contributed by atoms with Crippen LogP contribution in [0.5, 0.6) is 0 Å². The summed E-state index contributed by atoms with van der Waals surface area (Å²) in [4.78, 5) is 146. The van der Waals surface area contributed by atoms with Crippen molar-refractivity contribution in [2.75, 3.05) is 109 Å². The molecule has 12 N–H and O–H groups in total. The standard InChI is InChI=1S/C29H34ClN9O2.C28H26ClN7O.C26H24ClFN6O2.C24H21ClN8O/c1-18-15-19(2)39(36-18)29(41)38-13-9-21(10-14-38)34-28(40)37-11-7-20(8-12-37)33-27-32-17-24(30)26(35-27)23-16-31-25-6-4-3-5-22(23)25;1-2-24-21-13-19(8-7-17(21)14-30-24)34-28(37)36-11-9-18(10-12-36)33-27-32-16-23(29)26(35-27)22-15-31-25-6-4-3-5-20(22)25;27-21-15-30-25(33-24(21)20-14-29-22-7-2-1-6-19(20)22)31-17-8-10-34(11-9-17)26(36)32-18-5-3-4-16(12-18)23(35)13-28;1-2-20-26-10-7-21(30-20)31-24(34)33-11-8-15(9-12-33)29-23-28-14-18(25)22(32-23)17-13-27-19-6-4-3-5-16(17)19/h3-6,15-17,20-21,31H,7-14H2,1-2H3,(H,34,40)(H,32,33,35);2-8,13,15-16,18,31H,1,9-12,14H2,(H,34,37)(H,32,33,35);1-7,12,14-15,17,29H,8-11,13H2,(H,32,36)(H,30,31,33);1,3-7,10,13-15,27H,8-9,11-12H2,(H,28,29,32)(H,26,30,31,34). The maximum Gasteiger partial charge on any atom is 0.344 e. The van der Waals surface area contributed by atoms with Gasteiger partial charge in [-0.25, -0.2) is 78.2 Å². The van der Waals surface area contributed by atoms with Crippen molar-refractivity contribution in [3.05, 3.63) is 274 Å². The van der Waals surface area contributed by atoms with E-state index >= 15 is 0 Å². The molecule has 16 aromatic rings. The number of alkyl halides is 1. The molecule has 0 radical (unpaired) electrons. The summed E-state index contributed by atoms with van der Waals surface area (Å²) in [5, 5.41) is 35.8. The van der Waals surface area contributed by atoms with Gasteiger partial charge in [-0.2, -0.15) is 9.78 Å². The number of fused-ring (bicyclic) bond motifs is 5. The Hall–Kier alpha value is -16.4. The van der Waals surface area contributed by atoms with Crippen LogP contribution in [-0.4, -0.2) is 248 Å². The van der Waals surface area contributed by atoms with Gasteiger partial charge >= 0.3 is 30.2 Å². The number of rotatable bonds is 19. The lowest BCUT2D eigenvalue weighted by Gasteiger charge is -2.36. The van der Waals surface area contributed by atoms with Crippen LogP contribution in [0, 0.1) is 26.2 Å². The number of amides is 9. The number of aliphatic imine (C=N–C) groups is 1. The first kappa shape index (κ1) is 100. The van der Waals surface area contributed by atoms with Gasteiger partial charge in [-0.15, -0.1) is 6.42 Å². The average molecular weight is 2070 g/mol. The Bertz CT molecular complexity index is 7690. The Kier molecular flexibility index (Phi) is 31.1. The lowest BCUT2D eigenvalue weighted by Crippen LogP contribution is -2.53. The van der Waals surface area contributed by atoms with E-state index < -0.39 is 12.5 Å². The highest BCUT2D eigenvalue weighted by molar-refractivity contribution is 6.35. The van der Waals surface area contributed by atoms with Crippen LogP contribution in [0.3, 0.4) is 0 Å². The fraction of sp³-hybridized carbons (Fsp3) is 0.271. The van der Waals surface area contributed by atoms with E-state index in [0.717, 1.165) is 151 Å². The third kappa shape index (κ3) is 23.6. The molecule has 6 aromatic carbocycles. The predicted octanol–water partition coefficient (Wildman–Crippen LogP) is 20.4. The van der Waals surface area contributed by atoms with E-state index in [1.807, 2.05) is 175 Å². The van der Waals surface area contributed by atoms with Gasteiger partial charge in [0.1, 0.15) is 5.82 Å². The number of nitrogens with one attached hydrogen (secondary N) is 12. The third-order valence-electron chi connectivity index (χ3n) is 26.9. The van der Waals surface area contributed by atoms with Gasteiger partial charge in [0.2, 0.25) is 29.6 Å². The number of piperidine rings is 5. The minimum atomic E-state index is -1.07. The summed E-state index contributed by atoms with van der Waals surface area (Å²) in [5.74, 6) is 4.41. The number of Topliss-reactive ketones (excluding diaryl/α,β-unsaturated/α-hetero) is 1. The molecule has 0 unspecified atom stereocenters. The van der Waals surface area contributed by atoms with Gasteiger partial charge in [0.05, 0.1) is 85.6 Å². The number of ketones is 1. The first-order valence-electron chi connectivity index (χ1n) is 48.8. The molecular weight excluding hydrogens is 1960 g/mol. The zero-order valence-corrected chi connectivity index (χ0v) is 83.8. The lowest BCUT2D eigenvalue weighted by molar-refractivity contribution is 0.0958. The van der Waals surface area contributed by atoms with Crippen LogP contribution < -0.4 is 42.5 Å². The second kappa shape index (κ2) is 45.9. The van der Waals surface area contributed by atoms with Crippen LogP contribution in [0.1, 0.15) is 103 Å². The normalized spacial score (nSPS) is 15.1. The SMILES string of the molecule is C#Cc1nccc(NC(=O)N2CCC(Nc3ncc(Cl)c(-c4c[nH]c5ccccc45)n3)CC2)n1.C=CC1=NCc2ccc(NC(=O)N3CCC(Nc4ncc(Cl)c(-c5c[nH]c6ccccc56)n4)CC3)cc21.Cc1cc(C)n(C(=O)N2CCC(NC(=O)N3CCC(Nc4ncc(Cl)c(-c5c[nH]c6ccccc56)n4)CC3)CC2)n1.O=C(CF)c1cccc(NC(=O)N2CCC(Nc3ncc(Cl)c(-c4c[nH]c5ccccc45)n3)CC2)c1. The van der Waals surface area contributed by atoms with Crippen LogP contribution in [0.4, 0.5) is 69.3 Å². The molecule has 148 heavy (non-hydrogen) atoms. The number of aromatic amines is 4. The van der Waals surface area contributed by atoms with E-state index in [9.17, 15) is 33.2 Å². The van der Waals surface area contributed by atoms with Crippen molar-refractivity contribution in [2.24, 2.45) is 4.99 Å². The number of urea groups is 4. The molecule has 10 aromatic heterocycles. The van der Waals surface area contributed by atoms with E-state index in [1.165, 1.54) is 23.0 Å². The van der Waals surface area contributed by atoms with Crippen molar-refractivity contribution in [1.29, 1.82) is 0 Å². The van der Waals surface area contributed by atoms with Gasteiger partial charge in [0.25, 0.3) is 0 Å². The van der Waals surface area contributed by atoms with Gasteiger partial charge < -0.3 is 81.7 Å². The molecule has 9 amide bonds. The first-order chi connectivity index (χ1) is 72.1. The molecule has 754 valence electrons. The third-order valence-corrected chi connectivity index (χ3v) is 28.0. The number of carbonyl (C=O) groups excluding carboxylic acids is 6. The number of hydrogen-bond acceptors (Lipinski definition) is 22. The molecule has 41 heteroatoms. The summed E-state index contributed by atoms with van der Waals surface area (Å²) < 4.78 is 14.1. The summed E-state index contributed by atoms with van der Waals surface area (Å²) in [6.07, 6.45) is 30.2. The molecule has 36 nitrogen and oxygen atoms in total. The highest BCUT2D eigenvalue weighted by Crippen LogP contribution is 2.39. The molecule has 0 atom stereocenters. The molecule has 5 fully saturated rings. The minimum Gasteiger partial charge on any atom is -0.360 e. The Labute approximate surface area is 870 Å². The van der Waals surface area contributed by atoms with E-state index in [4.69, 9.17) is 62.8 Å². The van der Waals surface area contributed by atoms with Crippen molar-refractivity contribution in [3.8, 4) is 57.4 Å². The number of allylic oxidation sites excluding steroid dienone is 1. The largest absolute Gasteiger partial charge is 0.360 e. The average Bonchev–Trinajstić information content (AvgIpc) is 1.63. The number of likely N-dealkylation sites (tertiary alicyclic amines) is 5. The fourth-order valence-electron chi connectivity index (χ4n) is 19.0. The van der Waals surface area contributed by atoms with Crippen LogP contribution in [0.2, 0.25) is 20.1 Å². The summed E-state index contributed by atoms with van der Waals surface area (Å²) in [6, 6.07) is 47.6. The Balaban J connectivity index is 0.000000124. The van der Waals surface area contributed by atoms with Gasteiger partial charge in [-0.3, -0.25) is 15.1 Å². The van der Waals surface area contributed by atoms with Crippen LogP contribution in [-0.2, 0) is 6.54 Å². The Morgan fingerprint density at radius 2 is 0.811 bits per heavy atom. The Morgan fingerprint density at radius 3 is 1.20 bits per heavy atom. The molecule has 6 aliphatic rings. The smallest absolute Gasteiger partial charge is 0.344 e. The number of terminal acetylenes is 1. The van der Waals surface area contributed by atoms with Crippen molar-refractivity contribution < 1.29 is 33.2 Å².